The molecule has 1 aromatic rings. The van der Waals surface area contributed by atoms with Gasteiger partial charge in [-0.3, -0.25) is 5.32 Å². The molecule has 1 aromatic carbocycles. The number of hydrogen-bond donors (Lipinski definition) is 3. The summed E-state index contributed by atoms with van der Waals surface area (Å²) >= 11 is 5.86. The molecule has 0 saturated carbocycles. The van der Waals surface area contributed by atoms with E-state index in [2.05, 4.69) is 5.32 Å². The van der Waals surface area contributed by atoms with Crippen molar-refractivity contribution in [3.8, 4) is 0 Å². The normalized spacial score (nSPS) is 11.2. The van der Waals surface area contributed by atoms with Crippen molar-refractivity contribution in [2.45, 2.75) is 32.9 Å². The zero-order valence-corrected chi connectivity index (χ0v) is 11.3. The van der Waals surface area contributed by atoms with Gasteiger partial charge in [0.05, 0.1) is 5.69 Å². The Kier molecular flexibility index (Phi) is 4.95. The van der Waals surface area contributed by atoms with Crippen molar-refractivity contribution >= 4 is 23.4 Å². The van der Waals surface area contributed by atoms with E-state index >= 15 is 0 Å². The second-order valence-electron chi connectivity index (χ2n) is 4.76. The molecule has 0 radical (unpaired) electrons. The highest BCUT2D eigenvalue weighted by Crippen LogP contribution is 2.22. The maximum Gasteiger partial charge on any atom is 0.412 e. The number of nitrogens with one attached hydrogen (secondary N) is 2. The summed E-state index contributed by atoms with van der Waals surface area (Å²) in [5.74, 6) is 0. The van der Waals surface area contributed by atoms with Crippen molar-refractivity contribution in [3.05, 3.63) is 28.8 Å². The second-order valence-corrected chi connectivity index (χ2v) is 5.20. The van der Waals surface area contributed by atoms with Crippen molar-refractivity contribution in [2.24, 2.45) is 0 Å². The summed E-state index contributed by atoms with van der Waals surface area (Å²) in [6.07, 6.45) is -0.566. The fourth-order valence-electron chi connectivity index (χ4n) is 1.32. The van der Waals surface area contributed by atoms with Crippen molar-refractivity contribution in [1.29, 1.82) is 0 Å². The van der Waals surface area contributed by atoms with Crippen LogP contribution in [0.15, 0.2) is 18.2 Å². The van der Waals surface area contributed by atoms with E-state index in [0.717, 1.165) is 0 Å². The molecule has 1 amide bonds. The van der Waals surface area contributed by atoms with Gasteiger partial charge in [-0.05, 0) is 38.5 Å². The number of amides is 1. The van der Waals surface area contributed by atoms with Crippen LogP contribution < -0.4 is 10.8 Å². The fourth-order valence-corrected chi connectivity index (χ4v) is 1.49. The van der Waals surface area contributed by atoms with E-state index in [1.165, 1.54) is 0 Å². The first kappa shape index (κ1) is 14.8. The van der Waals surface area contributed by atoms with E-state index in [1.807, 2.05) is 5.48 Å². The van der Waals surface area contributed by atoms with Crippen LogP contribution >= 0.6 is 11.6 Å². The van der Waals surface area contributed by atoms with E-state index in [9.17, 15) is 4.79 Å². The van der Waals surface area contributed by atoms with Gasteiger partial charge >= 0.3 is 6.09 Å². The summed E-state index contributed by atoms with van der Waals surface area (Å²) < 4.78 is 5.14. The molecule has 0 bridgehead atoms. The molecular formula is C12H17ClN2O3. The average Bonchev–Trinajstić information content (AvgIpc) is 2.19. The largest absolute Gasteiger partial charge is 0.444 e. The molecule has 0 atom stereocenters. The van der Waals surface area contributed by atoms with Crippen LogP contribution in [0.1, 0.15) is 26.3 Å². The third-order valence-electron chi connectivity index (χ3n) is 1.98. The van der Waals surface area contributed by atoms with Gasteiger partial charge in [-0.25, -0.2) is 10.3 Å². The summed E-state index contributed by atoms with van der Waals surface area (Å²) in [6, 6.07) is 4.98. The summed E-state index contributed by atoms with van der Waals surface area (Å²) in [7, 11) is 0. The monoisotopic (exact) mass is 272 g/mol. The topological polar surface area (TPSA) is 70.6 Å². The van der Waals surface area contributed by atoms with Crippen LogP contribution in [-0.4, -0.2) is 16.9 Å². The molecule has 0 aromatic heterocycles. The van der Waals surface area contributed by atoms with Crippen LogP contribution in [0.4, 0.5) is 10.5 Å². The molecule has 0 aliphatic carbocycles. The number of hydrogen-bond acceptors (Lipinski definition) is 4. The summed E-state index contributed by atoms with van der Waals surface area (Å²) in [5, 5.41) is 11.8. The zero-order valence-electron chi connectivity index (χ0n) is 10.6. The summed E-state index contributed by atoms with van der Waals surface area (Å²) in [4.78, 5) is 11.6. The van der Waals surface area contributed by atoms with Crippen LogP contribution in [0, 0.1) is 0 Å². The maximum absolute atomic E-state index is 11.6. The Morgan fingerprint density at radius 3 is 2.67 bits per heavy atom. The van der Waals surface area contributed by atoms with E-state index in [-0.39, 0.29) is 6.54 Å². The van der Waals surface area contributed by atoms with Crippen LogP contribution in [0.5, 0.6) is 0 Å². The van der Waals surface area contributed by atoms with Crippen LogP contribution in [-0.2, 0) is 11.3 Å². The van der Waals surface area contributed by atoms with Gasteiger partial charge in [0.25, 0.3) is 0 Å². The highest BCUT2D eigenvalue weighted by molar-refractivity contribution is 6.31. The Labute approximate surface area is 111 Å². The van der Waals surface area contributed by atoms with E-state index < -0.39 is 11.7 Å². The number of carbonyl (C=O) groups is 1. The number of hydroxylamine groups is 1. The number of anilines is 1. The zero-order chi connectivity index (χ0) is 13.8. The molecule has 0 heterocycles. The number of halogens is 1. The smallest absolute Gasteiger partial charge is 0.412 e. The highest BCUT2D eigenvalue weighted by atomic mass is 35.5. The molecule has 3 N–H and O–H groups in total. The maximum atomic E-state index is 11.6. The molecule has 100 valence electrons. The van der Waals surface area contributed by atoms with Gasteiger partial charge in [0.15, 0.2) is 0 Å². The highest BCUT2D eigenvalue weighted by Gasteiger charge is 2.17. The molecule has 0 aliphatic heterocycles. The van der Waals surface area contributed by atoms with Gasteiger partial charge in [-0.2, -0.15) is 0 Å². The van der Waals surface area contributed by atoms with Crippen molar-refractivity contribution in [1.82, 2.24) is 5.48 Å². The number of carbonyl (C=O) groups excluding carboxylic acids is 1. The van der Waals surface area contributed by atoms with Gasteiger partial charge in [-0.1, -0.05) is 17.7 Å². The summed E-state index contributed by atoms with van der Waals surface area (Å²) in [6.45, 7) is 5.53. The number of benzene rings is 1. The lowest BCUT2D eigenvalue weighted by Gasteiger charge is -2.20. The Balaban J connectivity index is 2.82. The minimum Gasteiger partial charge on any atom is -0.444 e. The summed E-state index contributed by atoms with van der Waals surface area (Å²) in [5.41, 5.74) is 2.66. The lowest BCUT2D eigenvalue weighted by molar-refractivity contribution is 0.0635. The predicted molar refractivity (Wildman–Crippen MR) is 69.9 cm³/mol. The first-order valence-corrected chi connectivity index (χ1v) is 5.85. The molecule has 5 nitrogen and oxygen atoms in total. The quantitative estimate of drug-likeness (QED) is 0.739. The second kappa shape index (κ2) is 6.04. The Bertz CT molecular complexity index is 430. The van der Waals surface area contributed by atoms with E-state index in [1.54, 1.807) is 39.0 Å². The molecule has 0 unspecified atom stereocenters. The first-order valence-electron chi connectivity index (χ1n) is 5.47. The minimum atomic E-state index is -0.571. The van der Waals surface area contributed by atoms with Gasteiger partial charge in [0.1, 0.15) is 5.60 Å². The standard InChI is InChI=1S/C12H17ClN2O3/c1-12(2,3)18-11(16)15-10-6-9(13)5-4-8(10)7-14-17/h4-6,14,17H,7H2,1-3H3,(H,15,16). The Morgan fingerprint density at radius 2 is 2.11 bits per heavy atom. The minimum absolute atomic E-state index is 0.197. The van der Waals surface area contributed by atoms with Crippen molar-refractivity contribution in [3.63, 3.8) is 0 Å². The van der Waals surface area contributed by atoms with Crippen LogP contribution in [0.2, 0.25) is 5.02 Å². The third kappa shape index (κ3) is 4.91. The molecule has 18 heavy (non-hydrogen) atoms. The lowest BCUT2D eigenvalue weighted by atomic mass is 10.2. The Hall–Kier alpha value is -1.30. The van der Waals surface area contributed by atoms with E-state index in [4.69, 9.17) is 21.5 Å². The molecule has 0 saturated heterocycles. The Morgan fingerprint density at radius 1 is 1.44 bits per heavy atom. The van der Waals surface area contributed by atoms with Gasteiger partial charge in [-0.15, -0.1) is 0 Å². The molecule has 6 heteroatoms. The third-order valence-corrected chi connectivity index (χ3v) is 2.21. The molecule has 0 spiro atoms. The van der Waals surface area contributed by atoms with Gasteiger partial charge in [0.2, 0.25) is 0 Å². The van der Waals surface area contributed by atoms with Gasteiger partial charge < -0.3 is 9.94 Å². The van der Waals surface area contributed by atoms with Crippen LogP contribution in [0.25, 0.3) is 0 Å². The SMILES string of the molecule is CC(C)(C)OC(=O)Nc1cc(Cl)ccc1CNO. The number of rotatable bonds is 3. The number of ether oxygens (including phenoxy) is 1. The molecule has 1 rings (SSSR count). The molecule has 0 fully saturated rings. The first-order chi connectivity index (χ1) is 8.31. The van der Waals surface area contributed by atoms with Crippen molar-refractivity contribution < 1.29 is 14.7 Å². The predicted octanol–water partition coefficient (Wildman–Crippen LogP) is 3.17. The lowest BCUT2D eigenvalue weighted by Crippen LogP contribution is -2.27. The van der Waals surface area contributed by atoms with Gasteiger partial charge in [0, 0.05) is 11.6 Å². The van der Waals surface area contributed by atoms with Crippen molar-refractivity contribution in [2.75, 3.05) is 5.32 Å². The van der Waals surface area contributed by atoms with Crippen LogP contribution in [0.3, 0.4) is 0 Å². The fraction of sp³-hybridized carbons (Fsp3) is 0.417. The molecule has 0 aliphatic rings. The van der Waals surface area contributed by atoms with E-state index in [0.29, 0.717) is 16.3 Å². The average molecular weight is 273 g/mol. The molecular weight excluding hydrogens is 256 g/mol.